The lowest BCUT2D eigenvalue weighted by atomic mass is 9.96. The van der Waals surface area contributed by atoms with E-state index in [1.165, 1.54) is 19.3 Å². The molecule has 4 heteroatoms. The standard InChI is InChI=1S/C16H24N2O2/c1-12(14-10-6-7-11-15(14)20-2)17-16(19)18-13-8-4-3-5-9-13/h6-7,10-13H,3-5,8-9H2,1-2H3,(H2,17,18,19)/t12-/m1/s1. The molecule has 1 aliphatic carbocycles. The molecule has 2 rings (SSSR count). The van der Waals surface area contributed by atoms with Crippen LogP contribution >= 0.6 is 0 Å². The van der Waals surface area contributed by atoms with Gasteiger partial charge in [-0.05, 0) is 25.8 Å². The lowest BCUT2D eigenvalue weighted by Gasteiger charge is -2.24. The van der Waals surface area contributed by atoms with E-state index in [0.717, 1.165) is 24.2 Å². The number of benzene rings is 1. The SMILES string of the molecule is COc1ccccc1[C@@H](C)NC(=O)NC1CCCCC1. The van der Waals surface area contributed by atoms with E-state index in [9.17, 15) is 4.79 Å². The summed E-state index contributed by atoms with van der Waals surface area (Å²) >= 11 is 0. The largest absolute Gasteiger partial charge is 0.496 e. The molecule has 4 nitrogen and oxygen atoms in total. The van der Waals surface area contributed by atoms with Crippen LogP contribution in [0.5, 0.6) is 5.75 Å². The summed E-state index contributed by atoms with van der Waals surface area (Å²) in [7, 11) is 1.65. The molecule has 0 aromatic heterocycles. The Hall–Kier alpha value is -1.71. The Kier molecular flexibility index (Phi) is 5.27. The minimum absolute atomic E-state index is 0.0743. The Labute approximate surface area is 120 Å². The predicted molar refractivity (Wildman–Crippen MR) is 79.9 cm³/mol. The van der Waals surface area contributed by atoms with Gasteiger partial charge in [0.2, 0.25) is 0 Å². The van der Waals surface area contributed by atoms with E-state index in [4.69, 9.17) is 4.74 Å². The number of hydrogen-bond acceptors (Lipinski definition) is 2. The molecule has 1 aromatic carbocycles. The van der Waals surface area contributed by atoms with Crippen molar-refractivity contribution in [2.75, 3.05) is 7.11 Å². The van der Waals surface area contributed by atoms with Crippen LogP contribution < -0.4 is 15.4 Å². The maximum Gasteiger partial charge on any atom is 0.315 e. The van der Waals surface area contributed by atoms with Crippen LogP contribution in [0.4, 0.5) is 4.79 Å². The summed E-state index contributed by atoms with van der Waals surface area (Å²) in [5, 5.41) is 6.05. The monoisotopic (exact) mass is 276 g/mol. The normalized spacial score (nSPS) is 17.3. The van der Waals surface area contributed by atoms with Gasteiger partial charge in [-0.2, -0.15) is 0 Å². The molecule has 0 saturated heterocycles. The highest BCUT2D eigenvalue weighted by atomic mass is 16.5. The third-order valence-corrected chi connectivity index (χ3v) is 3.89. The highest BCUT2D eigenvalue weighted by molar-refractivity contribution is 5.74. The van der Waals surface area contributed by atoms with Gasteiger partial charge in [0.05, 0.1) is 13.2 Å². The molecule has 1 fully saturated rings. The van der Waals surface area contributed by atoms with Crippen molar-refractivity contribution in [1.82, 2.24) is 10.6 Å². The Morgan fingerprint density at radius 3 is 2.65 bits per heavy atom. The second-order valence-electron chi connectivity index (χ2n) is 5.42. The molecular weight excluding hydrogens is 252 g/mol. The molecule has 1 aromatic rings. The Morgan fingerprint density at radius 1 is 1.25 bits per heavy atom. The maximum absolute atomic E-state index is 12.0. The number of urea groups is 1. The lowest BCUT2D eigenvalue weighted by molar-refractivity contribution is 0.229. The van der Waals surface area contributed by atoms with Crippen molar-refractivity contribution in [3.05, 3.63) is 29.8 Å². The van der Waals surface area contributed by atoms with Crippen LogP contribution in [-0.4, -0.2) is 19.2 Å². The predicted octanol–water partition coefficient (Wildman–Crippen LogP) is 3.39. The Morgan fingerprint density at radius 2 is 1.95 bits per heavy atom. The minimum Gasteiger partial charge on any atom is -0.496 e. The summed E-state index contributed by atoms with van der Waals surface area (Å²) in [5.74, 6) is 0.804. The number of amides is 2. The number of ether oxygens (including phenoxy) is 1. The summed E-state index contributed by atoms with van der Waals surface area (Å²) < 4.78 is 5.33. The molecule has 110 valence electrons. The van der Waals surface area contributed by atoms with Gasteiger partial charge in [-0.25, -0.2) is 4.79 Å². The highest BCUT2D eigenvalue weighted by Gasteiger charge is 2.18. The number of nitrogens with one attached hydrogen (secondary N) is 2. The van der Waals surface area contributed by atoms with Crippen molar-refractivity contribution in [2.45, 2.75) is 51.1 Å². The molecule has 0 unspecified atom stereocenters. The van der Waals surface area contributed by atoms with Gasteiger partial charge in [0.1, 0.15) is 5.75 Å². The smallest absolute Gasteiger partial charge is 0.315 e. The quantitative estimate of drug-likeness (QED) is 0.885. The number of hydrogen-bond donors (Lipinski definition) is 2. The van der Waals surface area contributed by atoms with Gasteiger partial charge in [-0.15, -0.1) is 0 Å². The first-order valence-corrected chi connectivity index (χ1v) is 7.40. The molecule has 1 saturated carbocycles. The topological polar surface area (TPSA) is 50.4 Å². The number of rotatable bonds is 4. The van der Waals surface area contributed by atoms with Crippen LogP contribution in [0.1, 0.15) is 50.6 Å². The molecular formula is C16H24N2O2. The van der Waals surface area contributed by atoms with E-state index in [0.29, 0.717) is 6.04 Å². The summed E-state index contributed by atoms with van der Waals surface area (Å²) in [6, 6.07) is 7.93. The van der Waals surface area contributed by atoms with Crippen molar-refractivity contribution in [3.8, 4) is 5.75 Å². The van der Waals surface area contributed by atoms with Crippen LogP contribution in [0.15, 0.2) is 24.3 Å². The second-order valence-corrected chi connectivity index (χ2v) is 5.42. The van der Waals surface area contributed by atoms with Crippen LogP contribution in [-0.2, 0) is 0 Å². The number of para-hydroxylation sites is 1. The fraction of sp³-hybridized carbons (Fsp3) is 0.562. The molecule has 0 heterocycles. The van der Waals surface area contributed by atoms with Gasteiger partial charge in [0.25, 0.3) is 0 Å². The molecule has 2 N–H and O–H groups in total. The molecule has 2 amide bonds. The van der Waals surface area contributed by atoms with Crippen molar-refractivity contribution >= 4 is 6.03 Å². The molecule has 0 spiro atoms. The van der Waals surface area contributed by atoms with Crippen molar-refractivity contribution in [2.24, 2.45) is 0 Å². The van der Waals surface area contributed by atoms with Crippen LogP contribution in [0, 0.1) is 0 Å². The van der Waals surface area contributed by atoms with Crippen LogP contribution in [0.3, 0.4) is 0 Å². The zero-order valence-electron chi connectivity index (χ0n) is 12.3. The molecule has 0 bridgehead atoms. The minimum atomic E-state index is -0.0877. The first kappa shape index (κ1) is 14.7. The van der Waals surface area contributed by atoms with Gasteiger partial charge in [0, 0.05) is 11.6 Å². The van der Waals surface area contributed by atoms with Crippen molar-refractivity contribution in [1.29, 1.82) is 0 Å². The first-order valence-electron chi connectivity index (χ1n) is 7.40. The van der Waals surface area contributed by atoms with Gasteiger partial charge < -0.3 is 15.4 Å². The average molecular weight is 276 g/mol. The Bertz CT molecular complexity index is 442. The Balaban J connectivity index is 1.89. The van der Waals surface area contributed by atoms with Gasteiger partial charge in [-0.3, -0.25) is 0 Å². The fourth-order valence-corrected chi connectivity index (χ4v) is 2.77. The van der Waals surface area contributed by atoms with Gasteiger partial charge in [0.15, 0.2) is 0 Å². The highest BCUT2D eigenvalue weighted by Crippen LogP contribution is 2.24. The molecule has 1 aliphatic rings. The fourth-order valence-electron chi connectivity index (χ4n) is 2.77. The van der Waals surface area contributed by atoms with Crippen molar-refractivity contribution < 1.29 is 9.53 Å². The van der Waals surface area contributed by atoms with E-state index in [1.807, 2.05) is 31.2 Å². The third kappa shape index (κ3) is 3.89. The molecule has 0 radical (unpaired) electrons. The lowest BCUT2D eigenvalue weighted by Crippen LogP contribution is -2.43. The van der Waals surface area contributed by atoms with Crippen molar-refractivity contribution in [3.63, 3.8) is 0 Å². The number of carbonyl (C=O) groups is 1. The van der Waals surface area contributed by atoms with E-state index in [1.54, 1.807) is 7.11 Å². The summed E-state index contributed by atoms with van der Waals surface area (Å²) in [6.45, 7) is 1.97. The average Bonchev–Trinajstić information content (AvgIpc) is 2.48. The van der Waals surface area contributed by atoms with E-state index >= 15 is 0 Å². The van der Waals surface area contributed by atoms with Gasteiger partial charge >= 0.3 is 6.03 Å². The van der Waals surface area contributed by atoms with E-state index in [2.05, 4.69) is 10.6 Å². The third-order valence-electron chi connectivity index (χ3n) is 3.89. The van der Waals surface area contributed by atoms with Gasteiger partial charge in [-0.1, -0.05) is 37.5 Å². The van der Waals surface area contributed by atoms with Crippen LogP contribution in [0.25, 0.3) is 0 Å². The first-order chi connectivity index (χ1) is 9.70. The zero-order valence-corrected chi connectivity index (χ0v) is 12.3. The number of carbonyl (C=O) groups excluding carboxylic acids is 1. The number of methoxy groups -OCH3 is 1. The van der Waals surface area contributed by atoms with Crippen LogP contribution in [0.2, 0.25) is 0 Å². The zero-order chi connectivity index (χ0) is 14.4. The molecule has 20 heavy (non-hydrogen) atoms. The molecule has 0 aliphatic heterocycles. The second kappa shape index (κ2) is 7.17. The summed E-state index contributed by atoms with van der Waals surface area (Å²) in [6.07, 6.45) is 5.91. The summed E-state index contributed by atoms with van der Waals surface area (Å²) in [5.41, 5.74) is 0.994. The molecule has 1 atom stereocenters. The van der Waals surface area contributed by atoms with E-state index < -0.39 is 0 Å². The summed E-state index contributed by atoms with van der Waals surface area (Å²) in [4.78, 5) is 12.0. The van der Waals surface area contributed by atoms with E-state index in [-0.39, 0.29) is 12.1 Å². The maximum atomic E-state index is 12.0.